The van der Waals surface area contributed by atoms with Crippen molar-refractivity contribution in [2.75, 3.05) is 33.3 Å². The zero-order valence-electron chi connectivity index (χ0n) is 16.5. The Balaban J connectivity index is 1.36. The summed E-state index contributed by atoms with van der Waals surface area (Å²) >= 11 is 0. The first-order chi connectivity index (χ1) is 12.7. The van der Waals surface area contributed by atoms with Crippen LogP contribution in [-0.4, -0.2) is 60.0 Å². The molecule has 2 fully saturated rings. The lowest BCUT2D eigenvalue weighted by atomic mass is 10.0. The van der Waals surface area contributed by atoms with Gasteiger partial charge in [0.05, 0.1) is 18.9 Å². The van der Waals surface area contributed by atoms with Gasteiger partial charge in [-0.05, 0) is 37.2 Å². The topological polar surface area (TPSA) is 54.7 Å². The van der Waals surface area contributed by atoms with E-state index in [-0.39, 0.29) is 0 Å². The molecule has 26 heavy (non-hydrogen) atoms. The van der Waals surface area contributed by atoms with E-state index in [1.54, 1.807) is 0 Å². The average Bonchev–Trinajstić information content (AvgIpc) is 3.17. The van der Waals surface area contributed by atoms with E-state index in [0.717, 1.165) is 38.6 Å². The molecule has 0 amide bonds. The standard InChI is InChI=1S/C20H35N5O/c1-21-20(22-10-12-26-19-7-5-3-4-6-8-19)25-11-9-17(16-25)13-18-14-23-24(2)15-18/h14-15,17,19H,3-13,16H2,1-2H3,(H,21,22). The molecule has 6 heteroatoms. The Morgan fingerprint density at radius 1 is 1.27 bits per heavy atom. The van der Waals surface area contributed by atoms with E-state index >= 15 is 0 Å². The molecule has 2 aliphatic rings. The van der Waals surface area contributed by atoms with Crippen LogP contribution >= 0.6 is 0 Å². The van der Waals surface area contributed by atoms with Gasteiger partial charge in [-0.25, -0.2) is 0 Å². The summed E-state index contributed by atoms with van der Waals surface area (Å²) in [6.45, 7) is 3.76. The second kappa shape index (κ2) is 9.95. The summed E-state index contributed by atoms with van der Waals surface area (Å²) in [5, 5.41) is 7.77. The maximum atomic E-state index is 6.08. The summed E-state index contributed by atoms with van der Waals surface area (Å²) in [6, 6.07) is 0. The quantitative estimate of drug-likeness (QED) is 0.366. The van der Waals surface area contributed by atoms with Gasteiger partial charge in [-0.15, -0.1) is 0 Å². The zero-order chi connectivity index (χ0) is 18.2. The molecule has 1 atom stereocenters. The van der Waals surface area contributed by atoms with E-state index in [4.69, 9.17) is 4.74 Å². The maximum absolute atomic E-state index is 6.08. The van der Waals surface area contributed by atoms with E-state index in [0.29, 0.717) is 12.0 Å². The van der Waals surface area contributed by atoms with E-state index < -0.39 is 0 Å². The van der Waals surface area contributed by atoms with Crippen LogP contribution in [0.3, 0.4) is 0 Å². The van der Waals surface area contributed by atoms with Crippen LogP contribution in [0.1, 0.15) is 50.5 Å². The third-order valence-corrected chi connectivity index (χ3v) is 5.62. The minimum atomic E-state index is 0.469. The third-order valence-electron chi connectivity index (χ3n) is 5.62. The second-order valence-corrected chi connectivity index (χ2v) is 7.79. The van der Waals surface area contributed by atoms with Gasteiger partial charge < -0.3 is 15.0 Å². The van der Waals surface area contributed by atoms with Crippen LogP contribution in [0.4, 0.5) is 0 Å². The number of nitrogens with zero attached hydrogens (tertiary/aromatic N) is 4. The molecule has 6 nitrogen and oxygen atoms in total. The molecule has 2 heterocycles. The molecule has 1 aliphatic carbocycles. The van der Waals surface area contributed by atoms with Crippen molar-refractivity contribution in [1.82, 2.24) is 20.0 Å². The molecule has 0 radical (unpaired) electrons. The number of aryl methyl sites for hydroxylation is 1. The van der Waals surface area contributed by atoms with Gasteiger partial charge in [0.1, 0.15) is 0 Å². The average molecular weight is 362 g/mol. The molecule has 1 saturated heterocycles. The van der Waals surface area contributed by atoms with Crippen molar-refractivity contribution in [2.45, 2.75) is 57.5 Å². The van der Waals surface area contributed by atoms with Crippen molar-refractivity contribution in [1.29, 1.82) is 0 Å². The Morgan fingerprint density at radius 2 is 2.08 bits per heavy atom. The molecule has 1 saturated carbocycles. The Kier molecular flexibility index (Phi) is 7.35. The highest BCUT2D eigenvalue weighted by molar-refractivity contribution is 5.80. The van der Waals surface area contributed by atoms with Gasteiger partial charge in [0.15, 0.2) is 5.96 Å². The van der Waals surface area contributed by atoms with Gasteiger partial charge in [-0.1, -0.05) is 25.7 Å². The largest absolute Gasteiger partial charge is 0.376 e. The zero-order valence-corrected chi connectivity index (χ0v) is 16.5. The number of rotatable bonds is 6. The smallest absolute Gasteiger partial charge is 0.193 e. The Hall–Kier alpha value is -1.56. The minimum absolute atomic E-state index is 0.469. The molecule has 1 aromatic heterocycles. The summed E-state index contributed by atoms with van der Waals surface area (Å²) in [5.41, 5.74) is 1.33. The van der Waals surface area contributed by atoms with Gasteiger partial charge in [-0.3, -0.25) is 9.67 Å². The van der Waals surface area contributed by atoms with E-state index in [1.165, 1.54) is 50.5 Å². The minimum Gasteiger partial charge on any atom is -0.376 e. The lowest BCUT2D eigenvalue weighted by molar-refractivity contribution is 0.0466. The van der Waals surface area contributed by atoms with Crippen molar-refractivity contribution in [2.24, 2.45) is 18.0 Å². The van der Waals surface area contributed by atoms with Crippen LogP contribution in [0, 0.1) is 5.92 Å². The second-order valence-electron chi connectivity index (χ2n) is 7.79. The molecule has 0 aromatic carbocycles. The normalized spacial score (nSPS) is 22.6. The van der Waals surface area contributed by atoms with Crippen LogP contribution in [0.2, 0.25) is 0 Å². The predicted octanol–water partition coefficient (Wildman–Crippen LogP) is 2.60. The summed E-state index contributed by atoms with van der Waals surface area (Å²) in [6.07, 6.45) is 14.8. The van der Waals surface area contributed by atoms with Crippen molar-refractivity contribution in [3.63, 3.8) is 0 Å². The fourth-order valence-corrected chi connectivity index (χ4v) is 4.23. The SMILES string of the molecule is CN=C(NCCOC1CCCCCC1)N1CCC(Cc2cnn(C)c2)C1. The van der Waals surface area contributed by atoms with Gasteiger partial charge in [0.2, 0.25) is 0 Å². The van der Waals surface area contributed by atoms with Crippen LogP contribution in [0.25, 0.3) is 0 Å². The fraction of sp³-hybridized carbons (Fsp3) is 0.800. The van der Waals surface area contributed by atoms with Crippen LogP contribution in [0.15, 0.2) is 17.4 Å². The molecule has 0 bridgehead atoms. The number of nitrogens with one attached hydrogen (secondary N) is 1. The summed E-state index contributed by atoms with van der Waals surface area (Å²) < 4.78 is 7.96. The third kappa shape index (κ3) is 5.73. The van der Waals surface area contributed by atoms with Crippen molar-refractivity contribution < 1.29 is 4.74 Å². The van der Waals surface area contributed by atoms with E-state index in [9.17, 15) is 0 Å². The molecule has 146 valence electrons. The van der Waals surface area contributed by atoms with Gasteiger partial charge in [-0.2, -0.15) is 5.10 Å². The molecule has 3 rings (SSSR count). The molecule has 1 aliphatic heterocycles. The molecule has 1 aromatic rings. The van der Waals surface area contributed by atoms with Crippen LogP contribution in [0.5, 0.6) is 0 Å². The molecule has 1 unspecified atom stereocenters. The van der Waals surface area contributed by atoms with Gasteiger partial charge in [0, 0.05) is 39.9 Å². The van der Waals surface area contributed by atoms with Crippen molar-refractivity contribution in [3.8, 4) is 0 Å². The van der Waals surface area contributed by atoms with Crippen LogP contribution < -0.4 is 5.32 Å². The lowest BCUT2D eigenvalue weighted by Gasteiger charge is -2.22. The van der Waals surface area contributed by atoms with Crippen molar-refractivity contribution in [3.05, 3.63) is 18.0 Å². The number of ether oxygens (including phenoxy) is 1. The fourth-order valence-electron chi connectivity index (χ4n) is 4.23. The number of aromatic nitrogens is 2. The molecule has 1 N–H and O–H groups in total. The first-order valence-corrected chi connectivity index (χ1v) is 10.3. The summed E-state index contributed by atoms with van der Waals surface area (Å²) in [5.74, 6) is 1.70. The Labute approximate surface area is 158 Å². The van der Waals surface area contributed by atoms with Gasteiger partial charge in [0.25, 0.3) is 0 Å². The van der Waals surface area contributed by atoms with Gasteiger partial charge >= 0.3 is 0 Å². The Morgan fingerprint density at radius 3 is 2.77 bits per heavy atom. The summed E-state index contributed by atoms with van der Waals surface area (Å²) in [4.78, 5) is 6.86. The lowest BCUT2D eigenvalue weighted by Crippen LogP contribution is -2.41. The number of likely N-dealkylation sites (tertiary alicyclic amines) is 1. The molecular weight excluding hydrogens is 326 g/mol. The van der Waals surface area contributed by atoms with E-state index in [1.807, 2.05) is 25.0 Å². The molecular formula is C20H35N5O. The van der Waals surface area contributed by atoms with E-state index in [2.05, 4.69) is 26.5 Å². The maximum Gasteiger partial charge on any atom is 0.193 e. The first-order valence-electron chi connectivity index (χ1n) is 10.3. The predicted molar refractivity (Wildman–Crippen MR) is 105 cm³/mol. The molecule has 0 spiro atoms. The number of aliphatic imine (C=N–C) groups is 1. The monoisotopic (exact) mass is 361 g/mol. The van der Waals surface area contributed by atoms with Crippen molar-refractivity contribution >= 4 is 5.96 Å². The number of hydrogen-bond donors (Lipinski definition) is 1. The first kappa shape index (κ1) is 19.2. The number of hydrogen-bond acceptors (Lipinski definition) is 3. The summed E-state index contributed by atoms with van der Waals surface area (Å²) in [7, 11) is 3.86. The highest BCUT2D eigenvalue weighted by Crippen LogP contribution is 2.21. The highest BCUT2D eigenvalue weighted by atomic mass is 16.5. The number of guanidine groups is 1. The van der Waals surface area contributed by atoms with Crippen LogP contribution in [-0.2, 0) is 18.2 Å². The highest BCUT2D eigenvalue weighted by Gasteiger charge is 2.25. The Bertz CT molecular complexity index is 562.